The molecule has 98 valence electrons. The van der Waals surface area contributed by atoms with Crippen LogP contribution in [0.1, 0.15) is 44.9 Å². The van der Waals surface area contributed by atoms with Crippen molar-refractivity contribution in [2.75, 3.05) is 19.6 Å². The van der Waals surface area contributed by atoms with Crippen molar-refractivity contribution < 1.29 is 4.79 Å². The summed E-state index contributed by atoms with van der Waals surface area (Å²) < 4.78 is 0. The monoisotopic (exact) mass is 239 g/mol. The number of nitrogens with zero attached hydrogens (tertiary/aromatic N) is 1. The number of rotatable bonds is 2. The van der Waals surface area contributed by atoms with Gasteiger partial charge >= 0.3 is 6.03 Å². The van der Waals surface area contributed by atoms with Gasteiger partial charge in [-0.25, -0.2) is 4.79 Å². The van der Waals surface area contributed by atoms with Gasteiger partial charge in [-0.3, -0.25) is 0 Å². The van der Waals surface area contributed by atoms with Crippen LogP contribution in [0.3, 0.4) is 0 Å². The SMILES string of the molecule is NCC1CCCCC1NC(=O)N1CCCCC1. The van der Waals surface area contributed by atoms with Crippen molar-refractivity contribution in [3.8, 4) is 0 Å². The Bertz CT molecular complexity index is 251. The van der Waals surface area contributed by atoms with Crippen molar-refractivity contribution in [1.29, 1.82) is 0 Å². The topological polar surface area (TPSA) is 58.4 Å². The second-order valence-electron chi connectivity index (χ2n) is 5.38. The third kappa shape index (κ3) is 3.35. The van der Waals surface area contributed by atoms with Gasteiger partial charge in [0, 0.05) is 19.1 Å². The number of carbonyl (C=O) groups is 1. The first-order chi connectivity index (χ1) is 8.31. The number of hydrogen-bond acceptors (Lipinski definition) is 2. The maximum Gasteiger partial charge on any atom is 0.317 e. The predicted molar refractivity (Wildman–Crippen MR) is 68.8 cm³/mol. The summed E-state index contributed by atoms with van der Waals surface area (Å²) in [6, 6.07) is 0.443. The third-order valence-corrected chi connectivity index (χ3v) is 4.16. The number of urea groups is 1. The van der Waals surface area contributed by atoms with Gasteiger partial charge in [0.05, 0.1) is 0 Å². The fourth-order valence-corrected chi connectivity index (χ4v) is 3.03. The molecule has 0 bridgehead atoms. The molecule has 2 atom stereocenters. The van der Waals surface area contributed by atoms with Crippen molar-refractivity contribution in [2.24, 2.45) is 11.7 Å². The Morgan fingerprint density at radius 3 is 2.53 bits per heavy atom. The molecule has 4 heteroatoms. The van der Waals surface area contributed by atoms with Crippen LogP contribution < -0.4 is 11.1 Å². The lowest BCUT2D eigenvalue weighted by molar-refractivity contribution is 0.171. The predicted octanol–water partition coefficient (Wildman–Crippen LogP) is 1.70. The normalized spacial score (nSPS) is 30.1. The maximum absolute atomic E-state index is 12.1. The average molecular weight is 239 g/mol. The van der Waals surface area contributed by atoms with Gasteiger partial charge in [0.15, 0.2) is 0 Å². The van der Waals surface area contributed by atoms with Gasteiger partial charge in [-0.1, -0.05) is 12.8 Å². The second kappa shape index (κ2) is 6.24. The van der Waals surface area contributed by atoms with E-state index in [2.05, 4.69) is 5.32 Å². The van der Waals surface area contributed by atoms with Crippen LogP contribution in [-0.2, 0) is 0 Å². The Morgan fingerprint density at radius 1 is 1.12 bits per heavy atom. The highest BCUT2D eigenvalue weighted by molar-refractivity contribution is 5.74. The maximum atomic E-state index is 12.1. The molecule has 2 aliphatic rings. The van der Waals surface area contributed by atoms with E-state index in [0.29, 0.717) is 18.5 Å². The van der Waals surface area contributed by atoms with Gasteiger partial charge in [-0.15, -0.1) is 0 Å². The first-order valence-corrected chi connectivity index (χ1v) is 7.07. The Hall–Kier alpha value is -0.770. The summed E-state index contributed by atoms with van der Waals surface area (Å²) in [6.45, 7) is 2.54. The molecule has 1 saturated heterocycles. The molecule has 2 amide bonds. The highest BCUT2D eigenvalue weighted by Crippen LogP contribution is 2.23. The van der Waals surface area contributed by atoms with Crippen molar-refractivity contribution in [3.63, 3.8) is 0 Å². The van der Waals surface area contributed by atoms with Crippen molar-refractivity contribution in [3.05, 3.63) is 0 Å². The van der Waals surface area contributed by atoms with Gasteiger partial charge in [0.1, 0.15) is 0 Å². The minimum atomic E-state index is 0.134. The molecule has 1 aliphatic carbocycles. The summed E-state index contributed by atoms with van der Waals surface area (Å²) in [6.07, 6.45) is 8.32. The van der Waals surface area contributed by atoms with Gasteiger partial charge < -0.3 is 16.0 Å². The van der Waals surface area contributed by atoms with Crippen LogP contribution in [0.25, 0.3) is 0 Å². The Labute approximate surface area is 104 Å². The van der Waals surface area contributed by atoms with Crippen LogP contribution in [0.4, 0.5) is 4.79 Å². The number of nitrogens with two attached hydrogens (primary N) is 1. The molecular formula is C13H25N3O. The lowest BCUT2D eigenvalue weighted by atomic mass is 9.84. The average Bonchev–Trinajstić information content (AvgIpc) is 2.40. The molecule has 17 heavy (non-hydrogen) atoms. The number of nitrogens with one attached hydrogen (secondary N) is 1. The molecule has 2 fully saturated rings. The molecule has 1 aliphatic heterocycles. The van der Waals surface area contributed by atoms with Gasteiger partial charge in [-0.2, -0.15) is 0 Å². The fraction of sp³-hybridized carbons (Fsp3) is 0.923. The fourth-order valence-electron chi connectivity index (χ4n) is 3.03. The number of carbonyl (C=O) groups excluding carboxylic acids is 1. The summed E-state index contributed by atoms with van der Waals surface area (Å²) in [7, 11) is 0. The molecule has 0 spiro atoms. The molecule has 4 nitrogen and oxygen atoms in total. The van der Waals surface area contributed by atoms with Crippen molar-refractivity contribution >= 4 is 6.03 Å². The van der Waals surface area contributed by atoms with E-state index in [1.807, 2.05) is 4.90 Å². The Morgan fingerprint density at radius 2 is 1.82 bits per heavy atom. The highest BCUT2D eigenvalue weighted by atomic mass is 16.2. The molecule has 2 unspecified atom stereocenters. The lowest BCUT2D eigenvalue weighted by Crippen LogP contribution is -2.51. The minimum Gasteiger partial charge on any atom is -0.335 e. The molecule has 1 heterocycles. The van der Waals surface area contributed by atoms with Crippen LogP contribution in [0.2, 0.25) is 0 Å². The quantitative estimate of drug-likeness (QED) is 0.770. The summed E-state index contributed by atoms with van der Waals surface area (Å²) in [4.78, 5) is 14.1. The van der Waals surface area contributed by atoms with E-state index in [0.717, 1.165) is 32.4 Å². The number of likely N-dealkylation sites (tertiary alicyclic amines) is 1. The van der Waals surface area contributed by atoms with Crippen molar-refractivity contribution in [2.45, 2.75) is 51.0 Å². The second-order valence-corrected chi connectivity index (χ2v) is 5.38. The van der Waals surface area contributed by atoms with E-state index in [1.165, 1.54) is 25.7 Å². The first kappa shape index (κ1) is 12.7. The Balaban J connectivity index is 1.83. The minimum absolute atomic E-state index is 0.134. The zero-order valence-corrected chi connectivity index (χ0v) is 10.7. The number of hydrogen-bond donors (Lipinski definition) is 2. The van der Waals surface area contributed by atoms with E-state index in [9.17, 15) is 4.79 Å². The van der Waals surface area contributed by atoms with E-state index in [-0.39, 0.29) is 6.03 Å². The van der Waals surface area contributed by atoms with Crippen LogP contribution in [-0.4, -0.2) is 36.6 Å². The van der Waals surface area contributed by atoms with Crippen LogP contribution in [0, 0.1) is 5.92 Å². The molecule has 0 aromatic rings. The molecule has 2 rings (SSSR count). The summed E-state index contributed by atoms with van der Waals surface area (Å²) in [5.74, 6) is 0.484. The van der Waals surface area contributed by atoms with Crippen LogP contribution in [0.15, 0.2) is 0 Å². The molecule has 3 N–H and O–H groups in total. The lowest BCUT2D eigenvalue weighted by Gasteiger charge is -2.34. The van der Waals surface area contributed by atoms with Gasteiger partial charge in [0.25, 0.3) is 0 Å². The molecular weight excluding hydrogens is 214 g/mol. The molecule has 1 saturated carbocycles. The van der Waals surface area contributed by atoms with Gasteiger partial charge in [-0.05, 0) is 44.6 Å². The smallest absolute Gasteiger partial charge is 0.317 e. The zero-order chi connectivity index (χ0) is 12.1. The standard InChI is InChI=1S/C13H25N3O/c14-10-11-6-2-3-7-12(11)15-13(17)16-8-4-1-5-9-16/h11-12H,1-10,14H2,(H,15,17). The Kier molecular flexibility index (Phi) is 4.66. The third-order valence-electron chi connectivity index (χ3n) is 4.16. The highest BCUT2D eigenvalue weighted by Gasteiger charge is 2.27. The first-order valence-electron chi connectivity index (χ1n) is 7.07. The summed E-state index contributed by atoms with van der Waals surface area (Å²) in [5.41, 5.74) is 5.78. The van der Waals surface area contributed by atoms with E-state index in [1.54, 1.807) is 0 Å². The number of piperidine rings is 1. The zero-order valence-electron chi connectivity index (χ0n) is 10.7. The summed E-state index contributed by atoms with van der Waals surface area (Å²) in [5, 5.41) is 3.20. The van der Waals surface area contributed by atoms with E-state index < -0.39 is 0 Å². The van der Waals surface area contributed by atoms with Crippen LogP contribution >= 0.6 is 0 Å². The van der Waals surface area contributed by atoms with Crippen molar-refractivity contribution in [1.82, 2.24) is 10.2 Å². The molecule has 0 radical (unpaired) electrons. The van der Waals surface area contributed by atoms with E-state index in [4.69, 9.17) is 5.73 Å². The largest absolute Gasteiger partial charge is 0.335 e. The molecule has 0 aromatic carbocycles. The number of amides is 2. The van der Waals surface area contributed by atoms with E-state index >= 15 is 0 Å². The molecule has 0 aromatic heterocycles. The van der Waals surface area contributed by atoms with Gasteiger partial charge in [0.2, 0.25) is 0 Å². The van der Waals surface area contributed by atoms with Crippen LogP contribution in [0.5, 0.6) is 0 Å². The summed E-state index contributed by atoms with van der Waals surface area (Å²) >= 11 is 0.